The van der Waals surface area contributed by atoms with Crippen LogP contribution in [-0.4, -0.2) is 57.1 Å². The fourth-order valence-corrected chi connectivity index (χ4v) is 3.04. The number of amides is 1. The molecule has 0 atom stereocenters. The van der Waals surface area contributed by atoms with E-state index in [-0.39, 0.29) is 18.2 Å². The molecule has 1 aliphatic rings. The smallest absolute Gasteiger partial charge is 0.220 e. The molecule has 7 heteroatoms. The van der Waals surface area contributed by atoms with Gasteiger partial charge in [0.2, 0.25) is 15.9 Å². The normalized spacial score (nSPS) is 17.9. The maximum absolute atomic E-state index is 11.9. The lowest BCUT2D eigenvalue weighted by Gasteiger charge is -2.26. The molecule has 6 nitrogen and oxygen atoms in total. The van der Waals surface area contributed by atoms with E-state index in [9.17, 15) is 13.2 Å². The molecule has 1 heterocycles. The third-order valence-electron chi connectivity index (χ3n) is 2.63. The van der Waals surface area contributed by atoms with Crippen molar-refractivity contribution in [2.24, 2.45) is 0 Å². The van der Waals surface area contributed by atoms with Gasteiger partial charge in [0.1, 0.15) is 0 Å². The van der Waals surface area contributed by atoms with E-state index in [0.29, 0.717) is 32.6 Å². The molecule has 2 N–H and O–H groups in total. The summed E-state index contributed by atoms with van der Waals surface area (Å²) in [5.74, 6) is -0.0920. The number of piperazine rings is 1. The minimum absolute atomic E-state index is 0.0115. The molecule has 1 saturated heterocycles. The molecule has 0 saturated carbocycles. The molecule has 100 valence electrons. The van der Waals surface area contributed by atoms with Crippen molar-refractivity contribution in [3.05, 3.63) is 0 Å². The second-order valence-electron chi connectivity index (χ2n) is 4.07. The van der Waals surface area contributed by atoms with Gasteiger partial charge in [-0.15, -0.1) is 0 Å². The molecule has 0 spiro atoms. The van der Waals surface area contributed by atoms with E-state index >= 15 is 0 Å². The first-order chi connectivity index (χ1) is 8.06. The quantitative estimate of drug-likeness (QED) is 0.653. The second kappa shape index (κ2) is 6.93. The van der Waals surface area contributed by atoms with Gasteiger partial charge in [-0.25, -0.2) is 8.42 Å². The first kappa shape index (κ1) is 14.4. The molecular weight excluding hydrogens is 242 g/mol. The molecule has 17 heavy (non-hydrogen) atoms. The third-order valence-corrected chi connectivity index (χ3v) is 4.50. The van der Waals surface area contributed by atoms with E-state index in [1.54, 1.807) is 0 Å². The summed E-state index contributed by atoms with van der Waals surface area (Å²) in [6.45, 7) is 4.54. The van der Waals surface area contributed by atoms with Gasteiger partial charge < -0.3 is 10.6 Å². The molecular formula is C10H21N3O3S. The van der Waals surface area contributed by atoms with Gasteiger partial charge in [0, 0.05) is 39.1 Å². The first-order valence-corrected chi connectivity index (χ1v) is 7.62. The van der Waals surface area contributed by atoms with Crippen LogP contribution in [0.15, 0.2) is 0 Å². The standard InChI is InChI=1S/C10H21N3O3S/c1-2-3-10(14)12-6-9-17(15,16)13-7-4-11-5-8-13/h11H,2-9H2,1H3,(H,12,14). The highest BCUT2D eigenvalue weighted by Crippen LogP contribution is 2.02. The third kappa shape index (κ3) is 5.01. The van der Waals surface area contributed by atoms with Crippen LogP contribution in [0.2, 0.25) is 0 Å². The number of rotatable bonds is 6. The van der Waals surface area contributed by atoms with Crippen molar-refractivity contribution >= 4 is 15.9 Å². The zero-order valence-electron chi connectivity index (χ0n) is 10.2. The molecule has 1 amide bonds. The monoisotopic (exact) mass is 263 g/mol. The molecule has 0 bridgehead atoms. The van der Waals surface area contributed by atoms with Gasteiger partial charge in [-0.1, -0.05) is 6.92 Å². The maximum atomic E-state index is 11.9. The van der Waals surface area contributed by atoms with Gasteiger partial charge in [0.15, 0.2) is 0 Å². The Morgan fingerprint density at radius 3 is 2.59 bits per heavy atom. The van der Waals surface area contributed by atoms with Crippen LogP contribution in [-0.2, 0) is 14.8 Å². The van der Waals surface area contributed by atoms with Crippen LogP contribution in [0.4, 0.5) is 0 Å². The van der Waals surface area contributed by atoms with Crippen LogP contribution >= 0.6 is 0 Å². The first-order valence-electron chi connectivity index (χ1n) is 6.01. The summed E-state index contributed by atoms with van der Waals surface area (Å²) in [5.41, 5.74) is 0. The number of nitrogens with zero attached hydrogens (tertiary/aromatic N) is 1. The van der Waals surface area contributed by atoms with Crippen LogP contribution < -0.4 is 10.6 Å². The molecule has 0 aromatic heterocycles. The number of hydrogen-bond donors (Lipinski definition) is 2. The molecule has 1 rings (SSSR count). The average Bonchev–Trinajstić information content (AvgIpc) is 2.30. The summed E-state index contributed by atoms with van der Waals surface area (Å²) in [7, 11) is -3.22. The Balaban J connectivity index is 2.31. The Kier molecular flexibility index (Phi) is 5.87. The highest BCUT2D eigenvalue weighted by molar-refractivity contribution is 7.89. The minimum atomic E-state index is -3.22. The van der Waals surface area contributed by atoms with E-state index in [1.807, 2.05) is 6.92 Å². The lowest BCUT2D eigenvalue weighted by atomic mass is 10.3. The van der Waals surface area contributed by atoms with E-state index in [2.05, 4.69) is 10.6 Å². The van der Waals surface area contributed by atoms with Crippen LogP contribution in [0, 0.1) is 0 Å². The predicted molar refractivity (Wildman–Crippen MR) is 66.1 cm³/mol. The summed E-state index contributed by atoms with van der Waals surface area (Å²) in [5, 5.41) is 5.72. The summed E-state index contributed by atoms with van der Waals surface area (Å²) >= 11 is 0. The van der Waals surface area contributed by atoms with Crippen LogP contribution in [0.25, 0.3) is 0 Å². The molecule has 1 fully saturated rings. The van der Waals surface area contributed by atoms with E-state index < -0.39 is 10.0 Å². The minimum Gasteiger partial charge on any atom is -0.355 e. The van der Waals surface area contributed by atoms with Crippen LogP contribution in [0.5, 0.6) is 0 Å². The lowest BCUT2D eigenvalue weighted by Crippen LogP contribution is -2.48. The number of carbonyl (C=O) groups is 1. The fraction of sp³-hybridized carbons (Fsp3) is 0.900. The van der Waals surface area contributed by atoms with Crippen molar-refractivity contribution in [2.75, 3.05) is 38.5 Å². The highest BCUT2D eigenvalue weighted by Gasteiger charge is 2.23. The van der Waals surface area contributed by atoms with Gasteiger partial charge in [-0.3, -0.25) is 4.79 Å². The van der Waals surface area contributed by atoms with E-state index in [4.69, 9.17) is 0 Å². The van der Waals surface area contributed by atoms with Crippen molar-refractivity contribution in [1.82, 2.24) is 14.9 Å². The van der Waals surface area contributed by atoms with E-state index in [1.165, 1.54) is 4.31 Å². The lowest BCUT2D eigenvalue weighted by molar-refractivity contribution is -0.120. The Bertz CT molecular complexity index is 337. The Morgan fingerprint density at radius 1 is 1.35 bits per heavy atom. The highest BCUT2D eigenvalue weighted by atomic mass is 32.2. The number of sulfonamides is 1. The van der Waals surface area contributed by atoms with Crippen molar-refractivity contribution < 1.29 is 13.2 Å². The Hall–Kier alpha value is -0.660. The van der Waals surface area contributed by atoms with Crippen molar-refractivity contribution in [1.29, 1.82) is 0 Å². The number of nitrogens with one attached hydrogen (secondary N) is 2. The molecule has 0 aromatic carbocycles. The molecule has 0 unspecified atom stereocenters. The molecule has 1 aliphatic heterocycles. The van der Waals surface area contributed by atoms with Crippen LogP contribution in [0.1, 0.15) is 19.8 Å². The molecule has 0 aromatic rings. The van der Waals surface area contributed by atoms with Crippen molar-refractivity contribution in [3.8, 4) is 0 Å². The second-order valence-corrected chi connectivity index (χ2v) is 6.15. The van der Waals surface area contributed by atoms with Crippen molar-refractivity contribution in [3.63, 3.8) is 0 Å². The average molecular weight is 263 g/mol. The maximum Gasteiger partial charge on any atom is 0.220 e. The van der Waals surface area contributed by atoms with Gasteiger partial charge >= 0.3 is 0 Å². The zero-order valence-corrected chi connectivity index (χ0v) is 11.1. The summed E-state index contributed by atoms with van der Waals surface area (Å²) in [6.07, 6.45) is 1.23. The summed E-state index contributed by atoms with van der Waals surface area (Å²) in [4.78, 5) is 11.2. The van der Waals surface area contributed by atoms with Gasteiger partial charge in [-0.2, -0.15) is 4.31 Å². The molecule has 0 aliphatic carbocycles. The Morgan fingerprint density at radius 2 is 2.00 bits per heavy atom. The number of carbonyl (C=O) groups excluding carboxylic acids is 1. The summed E-state index contributed by atoms with van der Waals surface area (Å²) < 4.78 is 25.2. The number of hydrogen-bond acceptors (Lipinski definition) is 4. The van der Waals surface area contributed by atoms with Crippen molar-refractivity contribution in [2.45, 2.75) is 19.8 Å². The zero-order chi connectivity index (χ0) is 12.7. The van der Waals surface area contributed by atoms with Gasteiger partial charge in [0.25, 0.3) is 0 Å². The van der Waals surface area contributed by atoms with Gasteiger partial charge in [0.05, 0.1) is 5.75 Å². The van der Waals surface area contributed by atoms with Crippen LogP contribution in [0.3, 0.4) is 0 Å². The van der Waals surface area contributed by atoms with E-state index in [0.717, 1.165) is 6.42 Å². The SMILES string of the molecule is CCCC(=O)NCCS(=O)(=O)N1CCNCC1. The summed E-state index contributed by atoms with van der Waals surface area (Å²) in [6, 6.07) is 0. The Labute approximate surface area is 103 Å². The largest absolute Gasteiger partial charge is 0.355 e. The fourth-order valence-electron chi connectivity index (χ4n) is 1.69. The predicted octanol–water partition coefficient (Wildman–Crippen LogP) is -0.862. The molecule has 0 radical (unpaired) electrons. The van der Waals surface area contributed by atoms with Gasteiger partial charge in [-0.05, 0) is 6.42 Å². The topological polar surface area (TPSA) is 78.5 Å².